The van der Waals surface area contributed by atoms with E-state index in [0.717, 1.165) is 31.7 Å². The van der Waals surface area contributed by atoms with Gasteiger partial charge in [0.1, 0.15) is 28.0 Å². The first-order chi connectivity index (χ1) is 20.5. The molecule has 43 heavy (non-hydrogen) atoms. The van der Waals surface area contributed by atoms with Crippen LogP contribution in [0.15, 0.2) is 58.4 Å². The lowest BCUT2D eigenvalue weighted by molar-refractivity contribution is 0.221. The van der Waals surface area contributed by atoms with Crippen molar-refractivity contribution < 1.29 is 12.8 Å². The summed E-state index contributed by atoms with van der Waals surface area (Å²) in [6.45, 7) is 3.69. The lowest BCUT2D eigenvalue weighted by atomic mass is 9.91. The van der Waals surface area contributed by atoms with Crippen molar-refractivity contribution in [3.05, 3.63) is 70.4 Å². The molecule has 1 saturated carbocycles. The van der Waals surface area contributed by atoms with Gasteiger partial charge >= 0.3 is 0 Å². The second kappa shape index (κ2) is 12.1. The number of hydrogen-bond donors (Lipinski definition) is 2. The number of anilines is 2. The highest BCUT2D eigenvalue weighted by atomic mass is 32.2. The summed E-state index contributed by atoms with van der Waals surface area (Å²) < 4.78 is 44.7. The zero-order valence-electron chi connectivity index (χ0n) is 24.4. The van der Waals surface area contributed by atoms with Gasteiger partial charge in [-0.15, -0.1) is 0 Å². The molecule has 224 valence electrons. The summed E-state index contributed by atoms with van der Waals surface area (Å²) in [5.74, 6) is -0.488. The van der Waals surface area contributed by atoms with E-state index in [4.69, 9.17) is 0 Å². The Kier molecular flexibility index (Phi) is 8.43. The van der Waals surface area contributed by atoms with Crippen LogP contribution >= 0.6 is 0 Å². The molecule has 0 atom stereocenters. The third-order valence-electron chi connectivity index (χ3n) is 7.69. The fourth-order valence-corrected chi connectivity index (χ4v) is 6.62. The number of sulfonamides is 1. The Labute approximate surface area is 249 Å². The van der Waals surface area contributed by atoms with E-state index in [9.17, 15) is 18.5 Å². The Hall–Kier alpha value is -4.41. The smallest absolute Gasteiger partial charge is 0.278 e. The van der Waals surface area contributed by atoms with Crippen LogP contribution in [0.4, 0.5) is 16.0 Å². The molecule has 13 heteroatoms. The summed E-state index contributed by atoms with van der Waals surface area (Å²) in [4.78, 5) is 29.2. The summed E-state index contributed by atoms with van der Waals surface area (Å²) >= 11 is 0. The molecule has 0 unspecified atom stereocenters. The molecule has 1 aliphatic rings. The van der Waals surface area contributed by atoms with E-state index in [2.05, 4.69) is 44.0 Å². The Bertz CT molecular complexity index is 1880. The van der Waals surface area contributed by atoms with Crippen molar-refractivity contribution in [3.63, 3.8) is 0 Å². The minimum absolute atomic E-state index is 0.0179. The second-order valence-electron chi connectivity index (χ2n) is 11.2. The van der Waals surface area contributed by atoms with Crippen LogP contribution in [-0.4, -0.2) is 59.0 Å². The molecule has 0 aliphatic heterocycles. The molecule has 1 aliphatic carbocycles. The van der Waals surface area contributed by atoms with Crippen molar-refractivity contribution >= 4 is 32.8 Å². The molecule has 11 nitrogen and oxygen atoms in total. The molecule has 2 aromatic heterocycles. The van der Waals surface area contributed by atoms with Crippen LogP contribution in [0.2, 0.25) is 0 Å². The maximum atomic E-state index is 15.2. The topological polar surface area (TPSA) is 146 Å². The van der Waals surface area contributed by atoms with E-state index in [0.29, 0.717) is 23.2 Å². The number of halogens is 1. The van der Waals surface area contributed by atoms with Crippen LogP contribution in [0.1, 0.15) is 51.1 Å². The molecule has 2 aromatic carbocycles. The van der Waals surface area contributed by atoms with Gasteiger partial charge in [-0.05, 0) is 77.9 Å². The summed E-state index contributed by atoms with van der Waals surface area (Å²) in [5, 5.41) is 12.7. The summed E-state index contributed by atoms with van der Waals surface area (Å²) in [6, 6.07) is 11.6. The molecule has 2 N–H and O–H groups in total. The average Bonchev–Trinajstić information content (AvgIpc) is 2.98. The molecule has 0 bridgehead atoms. The Morgan fingerprint density at radius 1 is 1.09 bits per heavy atom. The van der Waals surface area contributed by atoms with Gasteiger partial charge in [-0.3, -0.25) is 14.1 Å². The number of nitriles is 1. The zero-order valence-corrected chi connectivity index (χ0v) is 25.2. The third-order valence-corrected chi connectivity index (χ3v) is 9.12. The summed E-state index contributed by atoms with van der Waals surface area (Å²) in [5.41, 5.74) is 0.00995. The van der Waals surface area contributed by atoms with Crippen LogP contribution in [-0.2, 0) is 10.0 Å². The van der Waals surface area contributed by atoms with Crippen molar-refractivity contribution in [1.82, 2.24) is 24.4 Å². The molecule has 0 spiro atoms. The predicted octanol–water partition coefficient (Wildman–Crippen LogP) is 4.53. The summed E-state index contributed by atoms with van der Waals surface area (Å²) in [6.07, 6.45) is 5.67. The number of nitrogens with one attached hydrogen (secondary N) is 2. The van der Waals surface area contributed by atoms with E-state index in [-0.39, 0.29) is 39.5 Å². The minimum Gasteiger partial charge on any atom is -0.351 e. The maximum Gasteiger partial charge on any atom is 0.278 e. The first kappa shape index (κ1) is 30.1. The number of fused-ring (bicyclic) bond motifs is 1. The molecule has 2 heterocycles. The standard InChI is InChI=1S/C30H33FN8O3S/c1-18(2)39-28-25(17-33-30(36-28)34-21-10-12-22(13-11-21)38(3)4)35-27(29(39)40)19-9-14-24(23(31)15-19)37-43(41,42)26-8-6-5-7-20(26)16-32/h5-9,14-15,17-18,21-22,37H,10-13H2,1-4H3,(H,33,34,36). The third kappa shape index (κ3) is 6.21. The van der Waals surface area contributed by atoms with E-state index < -0.39 is 21.4 Å². The molecule has 5 rings (SSSR count). The highest BCUT2D eigenvalue weighted by molar-refractivity contribution is 7.92. The van der Waals surface area contributed by atoms with Gasteiger partial charge in [0, 0.05) is 23.7 Å². The summed E-state index contributed by atoms with van der Waals surface area (Å²) in [7, 11) is -0.0578. The Morgan fingerprint density at radius 3 is 2.47 bits per heavy atom. The van der Waals surface area contributed by atoms with Gasteiger partial charge in [0.15, 0.2) is 5.65 Å². The van der Waals surface area contributed by atoms with Crippen molar-refractivity contribution in [1.29, 1.82) is 5.26 Å². The quantitative estimate of drug-likeness (QED) is 0.296. The minimum atomic E-state index is -4.25. The van der Waals surface area contributed by atoms with Gasteiger partial charge in [0.25, 0.3) is 15.6 Å². The van der Waals surface area contributed by atoms with Crippen molar-refractivity contribution in [2.75, 3.05) is 24.1 Å². The van der Waals surface area contributed by atoms with Gasteiger partial charge in [-0.25, -0.2) is 22.8 Å². The molecule has 0 radical (unpaired) electrons. The van der Waals surface area contributed by atoms with Gasteiger partial charge in [0.2, 0.25) is 5.95 Å². The fourth-order valence-electron chi connectivity index (χ4n) is 5.40. The first-order valence-corrected chi connectivity index (χ1v) is 15.5. The van der Waals surface area contributed by atoms with Gasteiger partial charge in [-0.2, -0.15) is 10.2 Å². The largest absolute Gasteiger partial charge is 0.351 e. The number of hydrogen-bond acceptors (Lipinski definition) is 9. The fraction of sp³-hybridized carbons (Fsp3) is 0.367. The van der Waals surface area contributed by atoms with E-state index >= 15 is 4.39 Å². The molecular weight excluding hydrogens is 571 g/mol. The maximum absolute atomic E-state index is 15.2. The van der Waals surface area contributed by atoms with Crippen LogP contribution in [0.5, 0.6) is 0 Å². The number of aromatic nitrogens is 4. The number of nitrogens with zero attached hydrogens (tertiary/aromatic N) is 6. The van der Waals surface area contributed by atoms with Gasteiger partial charge < -0.3 is 10.2 Å². The molecule has 1 fully saturated rings. The Morgan fingerprint density at radius 2 is 1.81 bits per heavy atom. The van der Waals surface area contributed by atoms with Crippen molar-refractivity contribution in [2.24, 2.45) is 0 Å². The van der Waals surface area contributed by atoms with Crippen LogP contribution < -0.4 is 15.6 Å². The first-order valence-electron chi connectivity index (χ1n) is 14.0. The van der Waals surface area contributed by atoms with E-state index in [1.54, 1.807) is 6.20 Å². The monoisotopic (exact) mass is 604 g/mol. The lowest BCUT2D eigenvalue weighted by Gasteiger charge is -2.32. The molecule has 4 aromatic rings. The lowest BCUT2D eigenvalue weighted by Crippen LogP contribution is -2.36. The second-order valence-corrected chi connectivity index (χ2v) is 12.8. The average molecular weight is 605 g/mol. The van der Waals surface area contributed by atoms with Crippen LogP contribution in [0.3, 0.4) is 0 Å². The number of benzene rings is 2. The SMILES string of the molecule is CC(C)n1c(=O)c(-c2ccc(NS(=O)(=O)c3ccccc3C#N)c(F)c2)nc2cnc(NC3CCC(N(C)C)CC3)nc21. The zero-order chi connectivity index (χ0) is 30.9. The van der Waals surface area contributed by atoms with Gasteiger partial charge in [-0.1, -0.05) is 18.2 Å². The van der Waals surface area contributed by atoms with E-state index in [1.165, 1.54) is 41.0 Å². The van der Waals surface area contributed by atoms with Crippen LogP contribution in [0.25, 0.3) is 22.4 Å². The predicted molar refractivity (Wildman–Crippen MR) is 163 cm³/mol. The number of rotatable bonds is 8. The van der Waals surface area contributed by atoms with E-state index in [1.807, 2.05) is 19.9 Å². The highest BCUT2D eigenvalue weighted by Crippen LogP contribution is 2.27. The van der Waals surface area contributed by atoms with Crippen molar-refractivity contribution in [3.8, 4) is 17.3 Å². The van der Waals surface area contributed by atoms with Crippen LogP contribution in [0, 0.1) is 17.1 Å². The molecule has 0 saturated heterocycles. The normalized spacial score (nSPS) is 17.3. The van der Waals surface area contributed by atoms with Crippen molar-refractivity contribution in [2.45, 2.75) is 62.6 Å². The molecule has 0 amide bonds. The van der Waals surface area contributed by atoms with Gasteiger partial charge in [0.05, 0.1) is 17.4 Å². The molecular formula is C30H33FN8O3S. The Balaban J connectivity index is 1.45. The highest BCUT2D eigenvalue weighted by Gasteiger charge is 2.24.